The maximum atomic E-state index is 11.8. The number of rotatable bonds is 5. The van der Waals surface area contributed by atoms with Crippen molar-refractivity contribution in [2.75, 3.05) is 26.2 Å². The second-order valence-corrected chi connectivity index (χ2v) is 3.88. The molecule has 0 aromatic rings. The van der Waals surface area contributed by atoms with Gasteiger partial charge in [0.05, 0.1) is 0 Å². The fourth-order valence-electron chi connectivity index (χ4n) is 1.37. The third kappa shape index (κ3) is 5.18. The molecular weight excluding hydrogens is 205 g/mol. The zero-order valence-electron chi connectivity index (χ0n) is 8.88. The van der Waals surface area contributed by atoms with Crippen LogP contribution in [-0.4, -0.2) is 32.4 Å². The Labute approximate surface area is 87.9 Å². The monoisotopic (exact) mass is 222 g/mol. The van der Waals surface area contributed by atoms with Crippen LogP contribution < -0.4 is 10.6 Å². The summed E-state index contributed by atoms with van der Waals surface area (Å²) in [5.41, 5.74) is 2.62. The van der Waals surface area contributed by atoms with Crippen molar-refractivity contribution in [3.05, 3.63) is 11.1 Å². The van der Waals surface area contributed by atoms with Gasteiger partial charge in [0.15, 0.2) is 0 Å². The Hall–Kier alpha value is -0.550. The third-order valence-electron chi connectivity index (χ3n) is 2.48. The van der Waals surface area contributed by atoms with Crippen LogP contribution in [0.15, 0.2) is 11.1 Å². The van der Waals surface area contributed by atoms with E-state index in [-0.39, 0.29) is 6.42 Å². The molecule has 0 unspecified atom stereocenters. The van der Waals surface area contributed by atoms with Gasteiger partial charge in [-0.05, 0) is 25.5 Å². The van der Waals surface area contributed by atoms with Crippen molar-refractivity contribution < 1.29 is 13.2 Å². The second-order valence-electron chi connectivity index (χ2n) is 3.88. The maximum absolute atomic E-state index is 11.8. The van der Waals surface area contributed by atoms with Gasteiger partial charge in [0.1, 0.15) is 0 Å². The van der Waals surface area contributed by atoms with Crippen molar-refractivity contribution in [3.63, 3.8) is 0 Å². The van der Waals surface area contributed by atoms with Gasteiger partial charge < -0.3 is 10.6 Å². The van der Waals surface area contributed by atoms with Gasteiger partial charge >= 0.3 is 6.18 Å². The molecule has 2 nitrogen and oxygen atoms in total. The molecule has 2 N–H and O–H groups in total. The predicted octanol–water partition coefficient (Wildman–Crippen LogP) is 1.84. The summed E-state index contributed by atoms with van der Waals surface area (Å²) in [6, 6.07) is 0. The Morgan fingerprint density at radius 2 is 2.07 bits per heavy atom. The van der Waals surface area contributed by atoms with Crippen LogP contribution in [0.3, 0.4) is 0 Å². The highest BCUT2D eigenvalue weighted by Crippen LogP contribution is 2.20. The first-order valence-electron chi connectivity index (χ1n) is 5.15. The number of alkyl halides is 3. The van der Waals surface area contributed by atoms with Crippen LogP contribution in [0, 0.1) is 0 Å². The number of halogens is 3. The molecule has 0 amide bonds. The highest BCUT2D eigenvalue weighted by Gasteiger charge is 2.25. The summed E-state index contributed by atoms with van der Waals surface area (Å²) in [5, 5.41) is 6.15. The molecule has 0 radical (unpaired) electrons. The van der Waals surface area contributed by atoms with Gasteiger partial charge in [-0.2, -0.15) is 13.2 Å². The van der Waals surface area contributed by atoms with Crippen LogP contribution in [0.4, 0.5) is 13.2 Å². The molecule has 1 aliphatic heterocycles. The molecule has 1 aliphatic rings. The first kappa shape index (κ1) is 12.5. The van der Waals surface area contributed by atoms with Crippen LogP contribution in [0.1, 0.15) is 19.8 Å². The van der Waals surface area contributed by atoms with E-state index in [4.69, 9.17) is 0 Å². The molecule has 15 heavy (non-hydrogen) atoms. The topological polar surface area (TPSA) is 24.1 Å². The quantitative estimate of drug-likeness (QED) is 0.548. The van der Waals surface area contributed by atoms with Crippen LogP contribution in [0.2, 0.25) is 0 Å². The van der Waals surface area contributed by atoms with Crippen molar-refractivity contribution in [1.29, 1.82) is 0 Å². The van der Waals surface area contributed by atoms with Gasteiger partial charge in [-0.15, -0.1) is 0 Å². The summed E-state index contributed by atoms with van der Waals surface area (Å²) in [6.07, 6.45) is -4.56. The zero-order valence-corrected chi connectivity index (χ0v) is 8.88. The lowest BCUT2D eigenvalue weighted by Gasteiger charge is -2.22. The minimum Gasteiger partial charge on any atom is -0.313 e. The van der Waals surface area contributed by atoms with Crippen LogP contribution >= 0.6 is 0 Å². The second kappa shape index (κ2) is 5.51. The van der Waals surface area contributed by atoms with Gasteiger partial charge in [0, 0.05) is 26.1 Å². The average Bonchev–Trinajstić information content (AvgIpc) is 1.97. The SMILES string of the molecule is CC(CNCCCC(F)(F)F)=C1CNC1. The molecule has 1 saturated heterocycles. The van der Waals surface area contributed by atoms with Crippen LogP contribution in [0.5, 0.6) is 0 Å². The van der Waals surface area contributed by atoms with Gasteiger partial charge in [0.2, 0.25) is 0 Å². The molecular formula is C10H17F3N2. The minimum absolute atomic E-state index is 0.157. The molecule has 0 aromatic heterocycles. The lowest BCUT2D eigenvalue weighted by atomic mass is 10.0. The van der Waals surface area contributed by atoms with Crippen molar-refractivity contribution in [3.8, 4) is 0 Å². The fourth-order valence-corrected chi connectivity index (χ4v) is 1.37. The highest BCUT2D eigenvalue weighted by atomic mass is 19.4. The van der Waals surface area contributed by atoms with Crippen LogP contribution in [0.25, 0.3) is 0 Å². The third-order valence-corrected chi connectivity index (χ3v) is 2.48. The number of hydrogen-bond acceptors (Lipinski definition) is 2. The molecule has 0 aliphatic carbocycles. The molecule has 0 saturated carbocycles. The minimum atomic E-state index is -4.02. The first-order chi connectivity index (χ1) is 6.99. The summed E-state index contributed by atoms with van der Waals surface area (Å²) in [6.45, 7) is 5.01. The fraction of sp³-hybridized carbons (Fsp3) is 0.800. The Bertz CT molecular complexity index is 227. The average molecular weight is 222 g/mol. The molecule has 5 heteroatoms. The summed E-state index contributed by atoms with van der Waals surface area (Å²) < 4.78 is 35.4. The van der Waals surface area contributed by atoms with Crippen molar-refractivity contribution in [1.82, 2.24) is 10.6 Å². The Kier molecular flexibility index (Phi) is 4.60. The lowest BCUT2D eigenvalue weighted by Crippen LogP contribution is -2.36. The lowest BCUT2D eigenvalue weighted by molar-refractivity contribution is -0.135. The standard InChI is InChI=1S/C10H17F3N2/c1-8(9-6-15-7-9)5-14-4-2-3-10(11,12)13/h14-15H,2-7H2,1H3. The number of nitrogens with one attached hydrogen (secondary N) is 2. The molecule has 1 rings (SSSR count). The van der Waals surface area contributed by atoms with E-state index in [1.54, 1.807) is 0 Å². The largest absolute Gasteiger partial charge is 0.389 e. The molecule has 0 aromatic carbocycles. The predicted molar refractivity (Wildman–Crippen MR) is 53.7 cm³/mol. The molecule has 0 bridgehead atoms. The van der Waals surface area contributed by atoms with E-state index in [0.717, 1.165) is 13.1 Å². The van der Waals surface area contributed by atoms with Gasteiger partial charge in [-0.3, -0.25) is 0 Å². The Balaban J connectivity index is 2.02. The van der Waals surface area contributed by atoms with Gasteiger partial charge in [0.25, 0.3) is 0 Å². The normalized spacial score (nSPS) is 16.4. The molecule has 0 atom stereocenters. The smallest absolute Gasteiger partial charge is 0.313 e. The van der Waals surface area contributed by atoms with E-state index in [2.05, 4.69) is 10.6 Å². The van der Waals surface area contributed by atoms with E-state index in [9.17, 15) is 13.2 Å². The molecule has 88 valence electrons. The highest BCUT2D eigenvalue weighted by molar-refractivity contribution is 5.22. The van der Waals surface area contributed by atoms with Crippen LogP contribution in [-0.2, 0) is 0 Å². The summed E-state index contributed by atoms with van der Waals surface area (Å²) in [4.78, 5) is 0. The maximum Gasteiger partial charge on any atom is 0.389 e. The van der Waals surface area contributed by atoms with E-state index in [1.165, 1.54) is 11.1 Å². The van der Waals surface area contributed by atoms with Crippen molar-refractivity contribution >= 4 is 0 Å². The van der Waals surface area contributed by atoms with Gasteiger partial charge in [-0.25, -0.2) is 0 Å². The zero-order chi connectivity index (χ0) is 11.3. The van der Waals surface area contributed by atoms with E-state index >= 15 is 0 Å². The molecule has 1 fully saturated rings. The summed E-state index contributed by atoms with van der Waals surface area (Å²) in [7, 11) is 0. The first-order valence-corrected chi connectivity index (χ1v) is 5.15. The Morgan fingerprint density at radius 3 is 2.53 bits per heavy atom. The summed E-state index contributed by atoms with van der Waals surface area (Å²) >= 11 is 0. The summed E-state index contributed by atoms with van der Waals surface area (Å²) in [5.74, 6) is 0. The van der Waals surface area contributed by atoms with E-state index < -0.39 is 12.6 Å². The van der Waals surface area contributed by atoms with Gasteiger partial charge in [-0.1, -0.05) is 5.57 Å². The van der Waals surface area contributed by atoms with Crippen molar-refractivity contribution in [2.24, 2.45) is 0 Å². The number of hydrogen-bond donors (Lipinski definition) is 2. The van der Waals surface area contributed by atoms with E-state index in [1.807, 2.05) is 6.92 Å². The van der Waals surface area contributed by atoms with E-state index in [0.29, 0.717) is 13.1 Å². The molecule has 1 heterocycles. The Morgan fingerprint density at radius 1 is 1.40 bits per heavy atom. The van der Waals surface area contributed by atoms with Crippen molar-refractivity contribution in [2.45, 2.75) is 25.9 Å². The molecule has 0 spiro atoms.